The zero-order chi connectivity index (χ0) is 14.7. The SMILES string of the molecule is O=CC(O)C(O)C(=O)N1CCCC1C1C=CC(F)=CC1. The molecule has 0 radical (unpaired) electrons. The van der Waals surface area contributed by atoms with Crippen LogP contribution in [0.3, 0.4) is 0 Å². The van der Waals surface area contributed by atoms with E-state index < -0.39 is 18.1 Å². The second-order valence-corrected chi connectivity index (χ2v) is 5.16. The van der Waals surface area contributed by atoms with Crippen molar-refractivity contribution >= 4 is 12.2 Å². The Morgan fingerprint density at radius 1 is 1.50 bits per heavy atom. The molecule has 4 unspecified atom stereocenters. The van der Waals surface area contributed by atoms with Gasteiger partial charge in [0.15, 0.2) is 12.4 Å². The van der Waals surface area contributed by atoms with Crippen LogP contribution in [0.5, 0.6) is 0 Å². The van der Waals surface area contributed by atoms with Crippen molar-refractivity contribution in [1.82, 2.24) is 4.90 Å². The first kappa shape index (κ1) is 14.9. The summed E-state index contributed by atoms with van der Waals surface area (Å²) in [4.78, 5) is 24.0. The molecule has 20 heavy (non-hydrogen) atoms. The molecule has 6 heteroatoms. The van der Waals surface area contributed by atoms with E-state index in [-0.39, 0.29) is 24.1 Å². The molecule has 1 saturated heterocycles. The molecule has 2 rings (SSSR count). The van der Waals surface area contributed by atoms with Crippen LogP contribution < -0.4 is 0 Å². The molecule has 0 aromatic carbocycles. The third-order valence-corrected chi connectivity index (χ3v) is 3.88. The maximum atomic E-state index is 13.0. The van der Waals surface area contributed by atoms with E-state index in [1.54, 1.807) is 6.08 Å². The van der Waals surface area contributed by atoms with Gasteiger partial charge in [0.2, 0.25) is 0 Å². The molecule has 1 amide bonds. The lowest BCUT2D eigenvalue weighted by Crippen LogP contribution is -2.49. The standard InChI is InChI=1S/C14H18FNO4/c15-10-5-3-9(4-6-10)11-2-1-7-16(11)14(20)13(19)12(18)8-17/h3,5-6,8-9,11-13,18-19H,1-2,4,7H2. The predicted molar refractivity (Wildman–Crippen MR) is 69.3 cm³/mol. The van der Waals surface area contributed by atoms with Crippen molar-refractivity contribution in [3.05, 3.63) is 24.1 Å². The number of halogens is 1. The number of nitrogens with zero attached hydrogens (tertiary/aromatic N) is 1. The molecule has 110 valence electrons. The van der Waals surface area contributed by atoms with Gasteiger partial charge in [-0.05, 0) is 31.4 Å². The fraction of sp³-hybridized carbons (Fsp3) is 0.571. The van der Waals surface area contributed by atoms with Crippen molar-refractivity contribution in [2.45, 2.75) is 37.5 Å². The Hall–Kier alpha value is -1.53. The molecule has 1 aliphatic heterocycles. The van der Waals surface area contributed by atoms with E-state index in [0.717, 1.165) is 12.8 Å². The normalized spacial score (nSPS) is 28.9. The summed E-state index contributed by atoms with van der Waals surface area (Å²) in [5, 5.41) is 18.9. The predicted octanol–water partition coefficient (Wildman–Crippen LogP) is 0.328. The quantitative estimate of drug-likeness (QED) is 0.729. The third-order valence-electron chi connectivity index (χ3n) is 3.88. The maximum Gasteiger partial charge on any atom is 0.254 e. The zero-order valence-electron chi connectivity index (χ0n) is 11.0. The number of allylic oxidation sites excluding steroid dienone is 3. The number of carbonyl (C=O) groups is 2. The minimum Gasteiger partial charge on any atom is -0.382 e. The van der Waals surface area contributed by atoms with Gasteiger partial charge in [-0.25, -0.2) is 4.39 Å². The first-order chi connectivity index (χ1) is 9.54. The van der Waals surface area contributed by atoms with Gasteiger partial charge in [0, 0.05) is 18.5 Å². The van der Waals surface area contributed by atoms with Crippen molar-refractivity contribution in [2.75, 3.05) is 6.54 Å². The maximum absolute atomic E-state index is 13.0. The van der Waals surface area contributed by atoms with Crippen LogP contribution in [0.1, 0.15) is 19.3 Å². The van der Waals surface area contributed by atoms with E-state index >= 15 is 0 Å². The highest BCUT2D eigenvalue weighted by Crippen LogP contribution is 2.31. The van der Waals surface area contributed by atoms with E-state index in [2.05, 4.69) is 0 Å². The molecular weight excluding hydrogens is 265 g/mol. The van der Waals surface area contributed by atoms with Gasteiger partial charge in [0.1, 0.15) is 11.9 Å². The summed E-state index contributed by atoms with van der Waals surface area (Å²) >= 11 is 0. The molecular formula is C14H18FNO4. The first-order valence-corrected chi connectivity index (χ1v) is 6.70. The number of likely N-dealkylation sites (tertiary alicyclic amines) is 1. The lowest BCUT2D eigenvalue weighted by molar-refractivity contribution is -0.150. The van der Waals surface area contributed by atoms with Crippen LogP contribution in [0.25, 0.3) is 0 Å². The van der Waals surface area contributed by atoms with Gasteiger partial charge >= 0.3 is 0 Å². The summed E-state index contributed by atoms with van der Waals surface area (Å²) < 4.78 is 13.0. The highest BCUT2D eigenvalue weighted by Gasteiger charge is 2.38. The van der Waals surface area contributed by atoms with Crippen molar-refractivity contribution in [3.8, 4) is 0 Å². The van der Waals surface area contributed by atoms with Crippen LogP contribution in [0.15, 0.2) is 24.1 Å². The summed E-state index contributed by atoms with van der Waals surface area (Å²) in [6.07, 6.45) is 3.35. The Kier molecular flexibility index (Phi) is 4.67. The van der Waals surface area contributed by atoms with Gasteiger partial charge < -0.3 is 19.9 Å². The minimum absolute atomic E-state index is 0.00141. The van der Waals surface area contributed by atoms with Crippen LogP contribution in [0.2, 0.25) is 0 Å². The second-order valence-electron chi connectivity index (χ2n) is 5.16. The molecule has 2 aliphatic rings. The average molecular weight is 283 g/mol. The van der Waals surface area contributed by atoms with E-state index in [0.29, 0.717) is 13.0 Å². The number of aliphatic hydroxyl groups excluding tert-OH is 2. The largest absolute Gasteiger partial charge is 0.382 e. The monoisotopic (exact) mass is 283 g/mol. The number of hydrogen-bond acceptors (Lipinski definition) is 4. The summed E-state index contributed by atoms with van der Waals surface area (Å²) in [5.74, 6) is -0.925. The molecule has 0 saturated carbocycles. The van der Waals surface area contributed by atoms with E-state index in [1.165, 1.54) is 17.1 Å². The minimum atomic E-state index is -1.73. The van der Waals surface area contributed by atoms with Gasteiger partial charge in [-0.2, -0.15) is 0 Å². The lowest BCUT2D eigenvalue weighted by atomic mass is 9.90. The van der Waals surface area contributed by atoms with Crippen molar-refractivity contribution in [2.24, 2.45) is 5.92 Å². The number of aldehydes is 1. The molecule has 4 atom stereocenters. The summed E-state index contributed by atoms with van der Waals surface area (Å²) in [6, 6.07) is -0.128. The molecule has 0 aromatic heterocycles. The van der Waals surface area contributed by atoms with Crippen molar-refractivity contribution < 1.29 is 24.2 Å². The molecule has 0 spiro atoms. The first-order valence-electron chi connectivity index (χ1n) is 6.70. The van der Waals surface area contributed by atoms with Crippen LogP contribution in [-0.4, -0.2) is 52.1 Å². The van der Waals surface area contributed by atoms with Crippen LogP contribution in [-0.2, 0) is 9.59 Å². The Bertz CT molecular complexity index is 448. The van der Waals surface area contributed by atoms with E-state index in [9.17, 15) is 24.2 Å². The van der Waals surface area contributed by atoms with Crippen LogP contribution >= 0.6 is 0 Å². The topological polar surface area (TPSA) is 77.8 Å². The van der Waals surface area contributed by atoms with Gasteiger partial charge in [0.25, 0.3) is 5.91 Å². The van der Waals surface area contributed by atoms with Gasteiger partial charge in [-0.1, -0.05) is 6.08 Å². The summed E-state index contributed by atoms with van der Waals surface area (Å²) in [5.41, 5.74) is 0. The third kappa shape index (κ3) is 2.96. The fourth-order valence-electron chi connectivity index (χ4n) is 2.80. The molecule has 2 N–H and O–H groups in total. The summed E-state index contributed by atoms with van der Waals surface area (Å²) in [6.45, 7) is 0.475. The highest BCUT2D eigenvalue weighted by atomic mass is 19.1. The Morgan fingerprint density at radius 3 is 2.85 bits per heavy atom. The van der Waals surface area contributed by atoms with Gasteiger partial charge in [0.05, 0.1) is 0 Å². The molecule has 1 aliphatic carbocycles. The summed E-state index contributed by atoms with van der Waals surface area (Å²) in [7, 11) is 0. The van der Waals surface area contributed by atoms with Crippen molar-refractivity contribution in [1.29, 1.82) is 0 Å². The number of carbonyl (C=O) groups excluding carboxylic acids is 2. The highest BCUT2D eigenvalue weighted by molar-refractivity contribution is 5.85. The van der Waals surface area contributed by atoms with Gasteiger partial charge in [-0.15, -0.1) is 0 Å². The molecule has 1 fully saturated rings. The average Bonchev–Trinajstić information content (AvgIpc) is 2.95. The number of rotatable bonds is 4. The van der Waals surface area contributed by atoms with Crippen LogP contribution in [0, 0.1) is 5.92 Å². The Labute approximate surface area is 116 Å². The Morgan fingerprint density at radius 2 is 2.25 bits per heavy atom. The number of aliphatic hydroxyl groups is 2. The van der Waals surface area contributed by atoms with E-state index in [1.807, 2.05) is 0 Å². The fourth-order valence-corrected chi connectivity index (χ4v) is 2.80. The smallest absolute Gasteiger partial charge is 0.254 e. The number of hydrogen-bond donors (Lipinski definition) is 2. The second kappa shape index (κ2) is 6.28. The Balaban J connectivity index is 2.06. The molecule has 5 nitrogen and oxygen atoms in total. The molecule has 1 heterocycles. The van der Waals surface area contributed by atoms with Gasteiger partial charge in [-0.3, -0.25) is 4.79 Å². The van der Waals surface area contributed by atoms with Crippen molar-refractivity contribution in [3.63, 3.8) is 0 Å². The lowest BCUT2D eigenvalue weighted by Gasteiger charge is -2.32. The zero-order valence-corrected chi connectivity index (χ0v) is 11.0. The van der Waals surface area contributed by atoms with E-state index in [4.69, 9.17) is 0 Å². The molecule has 0 bridgehead atoms. The number of amides is 1. The van der Waals surface area contributed by atoms with Crippen LogP contribution in [0.4, 0.5) is 4.39 Å². The molecule has 0 aromatic rings.